The molecule has 0 N–H and O–H groups in total. The van der Waals surface area contributed by atoms with Gasteiger partial charge in [-0.2, -0.15) is 0 Å². The van der Waals surface area contributed by atoms with Crippen LogP contribution >= 0.6 is 0 Å². The van der Waals surface area contributed by atoms with Gasteiger partial charge in [0.15, 0.2) is 0 Å². The van der Waals surface area contributed by atoms with Crippen LogP contribution in [0.15, 0.2) is 18.6 Å². The summed E-state index contributed by atoms with van der Waals surface area (Å²) in [5, 5.41) is 0. The third kappa shape index (κ3) is 4.93. The minimum atomic E-state index is 0.0328. The molecule has 1 aliphatic heterocycles. The lowest BCUT2D eigenvalue weighted by atomic mass is 9.89. The van der Waals surface area contributed by atoms with Crippen LogP contribution in [0.25, 0.3) is 11.4 Å². The van der Waals surface area contributed by atoms with Gasteiger partial charge in [-0.1, -0.05) is 20.8 Å². The Morgan fingerprint density at radius 1 is 1.26 bits per heavy atom. The Labute approximate surface area is 162 Å². The highest BCUT2D eigenvalue weighted by atomic mass is 16.2. The minimum Gasteiger partial charge on any atom is -0.342 e. The fraction of sp³-hybridized carbons (Fsp3) is 0.619. The average Bonchev–Trinajstić information content (AvgIpc) is 2.93. The summed E-state index contributed by atoms with van der Waals surface area (Å²) in [6.07, 6.45) is 9.15. The molecule has 27 heavy (non-hydrogen) atoms. The number of hydrogen-bond acceptors (Lipinski definition) is 4. The zero-order valence-corrected chi connectivity index (χ0v) is 17.2. The summed E-state index contributed by atoms with van der Waals surface area (Å²) in [4.78, 5) is 28.2. The van der Waals surface area contributed by atoms with Crippen molar-refractivity contribution in [2.24, 2.45) is 18.4 Å². The van der Waals surface area contributed by atoms with Crippen molar-refractivity contribution in [3.8, 4) is 11.4 Å². The number of nitrogens with zero attached hydrogens (tertiary/aromatic N) is 5. The maximum absolute atomic E-state index is 12.6. The van der Waals surface area contributed by atoms with E-state index in [9.17, 15) is 4.79 Å². The standard InChI is InChI=1S/C21H31N5O/c1-15-23-13-19(25(15)5)18-12-22-11-17(24-18)9-16-7-6-8-26(14-16)20(27)10-21(2,3)4/h11-13,16H,6-10,14H2,1-5H3/t16-/m1/s1. The first-order chi connectivity index (χ1) is 12.7. The number of imidazole rings is 1. The monoisotopic (exact) mass is 369 g/mol. The number of carbonyl (C=O) groups excluding carboxylic acids is 1. The first-order valence-corrected chi connectivity index (χ1v) is 9.80. The maximum Gasteiger partial charge on any atom is 0.223 e. The fourth-order valence-corrected chi connectivity index (χ4v) is 3.69. The highest BCUT2D eigenvalue weighted by molar-refractivity contribution is 5.76. The molecule has 0 aromatic carbocycles. The normalized spacial score (nSPS) is 18.0. The van der Waals surface area contributed by atoms with E-state index in [4.69, 9.17) is 4.98 Å². The first-order valence-electron chi connectivity index (χ1n) is 9.80. The largest absolute Gasteiger partial charge is 0.342 e. The molecule has 2 aromatic rings. The minimum absolute atomic E-state index is 0.0328. The van der Waals surface area contributed by atoms with Crippen molar-refractivity contribution in [3.63, 3.8) is 0 Å². The molecule has 1 aliphatic rings. The topological polar surface area (TPSA) is 63.9 Å². The summed E-state index contributed by atoms with van der Waals surface area (Å²) >= 11 is 0. The Morgan fingerprint density at radius 2 is 2.04 bits per heavy atom. The SMILES string of the molecule is Cc1ncc(-c2cncc(C[C@H]3CCCN(C(=O)CC(C)(C)C)C3)n2)n1C. The van der Waals surface area contributed by atoms with E-state index in [2.05, 4.69) is 30.7 Å². The molecule has 0 saturated carbocycles. The van der Waals surface area contributed by atoms with E-state index in [0.717, 1.165) is 55.3 Å². The lowest BCUT2D eigenvalue weighted by Gasteiger charge is -2.34. The van der Waals surface area contributed by atoms with Crippen LogP contribution in [0, 0.1) is 18.3 Å². The number of amides is 1. The van der Waals surface area contributed by atoms with Gasteiger partial charge in [-0.15, -0.1) is 0 Å². The summed E-state index contributed by atoms with van der Waals surface area (Å²) in [5.41, 5.74) is 2.85. The first kappa shape index (κ1) is 19.5. The molecule has 6 heteroatoms. The van der Waals surface area contributed by atoms with E-state index in [-0.39, 0.29) is 11.3 Å². The maximum atomic E-state index is 12.6. The van der Waals surface area contributed by atoms with Gasteiger partial charge in [-0.25, -0.2) is 9.97 Å². The number of rotatable bonds is 4. The Morgan fingerprint density at radius 3 is 2.70 bits per heavy atom. The van der Waals surface area contributed by atoms with Crippen LogP contribution in [-0.2, 0) is 18.3 Å². The van der Waals surface area contributed by atoms with Crippen LogP contribution in [0.3, 0.4) is 0 Å². The van der Waals surface area contributed by atoms with Crippen molar-refractivity contribution in [2.45, 2.75) is 53.4 Å². The summed E-state index contributed by atoms with van der Waals surface area (Å²) < 4.78 is 2.03. The molecule has 1 saturated heterocycles. The van der Waals surface area contributed by atoms with Gasteiger partial charge in [-0.3, -0.25) is 9.78 Å². The van der Waals surface area contributed by atoms with Crippen LogP contribution in [-0.4, -0.2) is 43.4 Å². The van der Waals surface area contributed by atoms with Crippen molar-refractivity contribution in [1.82, 2.24) is 24.4 Å². The van der Waals surface area contributed by atoms with E-state index >= 15 is 0 Å². The van der Waals surface area contributed by atoms with E-state index in [0.29, 0.717) is 12.3 Å². The Bertz CT molecular complexity index is 805. The number of piperidine rings is 1. The number of carbonyl (C=O) groups is 1. The van der Waals surface area contributed by atoms with Crippen LogP contribution in [0.2, 0.25) is 0 Å². The average molecular weight is 370 g/mol. The summed E-state index contributed by atoms with van der Waals surface area (Å²) in [6, 6.07) is 0. The molecule has 0 unspecified atom stereocenters. The quantitative estimate of drug-likeness (QED) is 0.828. The number of hydrogen-bond donors (Lipinski definition) is 0. The fourth-order valence-electron chi connectivity index (χ4n) is 3.69. The van der Waals surface area contributed by atoms with Gasteiger partial charge in [0.2, 0.25) is 5.91 Å². The molecular weight excluding hydrogens is 338 g/mol. The smallest absolute Gasteiger partial charge is 0.223 e. The van der Waals surface area contributed by atoms with Crippen molar-refractivity contribution in [2.75, 3.05) is 13.1 Å². The van der Waals surface area contributed by atoms with Gasteiger partial charge in [-0.05, 0) is 37.5 Å². The Balaban J connectivity index is 1.67. The lowest BCUT2D eigenvalue weighted by molar-refractivity contribution is -0.134. The van der Waals surface area contributed by atoms with E-state index in [1.54, 1.807) is 6.20 Å². The van der Waals surface area contributed by atoms with Gasteiger partial charge in [0.25, 0.3) is 0 Å². The second-order valence-corrected chi connectivity index (χ2v) is 8.93. The predicted molar refractivity (Wildman–Crippen MR) is 106 cm³/mol. The zero-order valence-electron chi connectivity index (χ0n) is 17.2. The molecule has 1 amide bonds. The molecule has 6 nitrogen and oxygen atoms in total. The van der Waals surface area contributed by atoms with Gasteiger partial charge < -0.3 is 9.47 Å². The molecule has 1 atom stereocenters. The van der Waals surface area contributed by atoms with Crippen LogP contribution in [0.1, 0.15) is 51.6 Å². The molecule has 0 bridgehead atoms. The molecule has 0 radical (unpaired) electrons. The highest BCUT2D eigenvalue weighted by Crippen LogP contribution is 2.25. The summed E-state index contributed by atoms with van der Waals surface area (Å²) in [5.74, 6) is 1.68. The van der Waals surface area contributed by atoms with Gasteiger partial charge in [0, 0.05) is 32.8 Å². The summed E-state index contributed by atoms with van der Waals surface area (Å²) in [6.45, 7) is 10.0. The van der Waals surface area contributed by atoms with E-state index in [1.807, 2.05) is 35.8 Å². The zero-order chi connectivity index (χ0) is 19.6. The molecule has 3 heterocycles. The van der Waals surface area contributed by atoms with Crippen molar-refractivity contribution in [3.05, 3.63) is 30.1 Å². The van der Waals surface area contributed by atoms with Crippen LogP contribution < -0.4 is 0 Å². The molecule has 0 aliphatic carbocycles. The highest BCUT2D eigenvalue weighted by Gasteiger charge is 2.27. The molecular formula is C21H31N5O. The van der Waals surface area contributed by atoms with Gasteiger partial charge in [0.1, 0.15) is 11.5 Å². The van der Waals surface area contributed by atoms with Crippen molar-refractivity contribution in [1.29, 1.82) is 0 Å². The molecule has 2 aromatic heterocycles. The lowest BCUT2D eigenvalue weighted by Crippen LogP contribution is -2.41. The van der Waals surface area contributed by atoms with E-state index < -0.39 is 0 Å². The van der Waals surface area contributed by atoms with Crippen molar-refractivity contribution < 1.29 is 4.79 Å². The second-order valence-electron chi connectivity index (χ2n) is 8.93. The van der Waals surface area contributed by atoms with Crippen LogP contribution in [0.5, 0.6) is 0 Å². The molecule has 3 rings (SSSR count). The number of likely N-dealkylation sites (tertiary alicyclic amines) is 1. The second kappa shape index (κ2) is 7.79. The third-order valence-corrected chi connectivity index (χ3v) is 5.22. The Kier molecular flexibility index (Phi) is 5.63. The van der Waals surface area contributed by atoms with Gasteiger partial charge >= 0.3 is 0 Å². The Hall–Kier alpha value is -2.24. The predicted octanol–water partition coefficient (Wildman–Crippen LogP) is 3.40. The van der Waals surface area contributed by atoms with Crippen molar-refractivity contribution >= 4 is 5.91 Å². The molecule has 146 valence electrons. The molecule has 1 fully saturated rings. The summed E-state index contributed by atoms with van der Waals surface area (Å²) in [7, 11) is 1.99. The van der Waals surface area contributed by atoms with Gasteiger partial charge in [0.05, 0.1) is 23.8 Å². The van der Waals surface area contributed by atoms with E-state index in [1.165, 1.54) is 0 Å². The molecule has 0 spiro atoms. The third-order valence-electron chi connectivity index (χ3n) is 5.22. The number of aryl methyl sites for hydroxylation is 1. The van der Waals surface area contributed by atoms with Crippen LogP contribution in [0.4, 0.5) is 0 Å². The number of aromatic nitrogens is 4.